The lowest BCUT2D eigenvalue weighted by Crippen LogP contribution is -2.30. The van der Waals surface area contributed by atoms with Gasteiger partial charge in [0.15, 0.2) is 0 Å². The quantitative estimate of drug-likeness (QED) is 0.372. The summed E-state index contributed by atoms with van der Waals surface area (Å²) in [5, 5.41) is 11.0. The molecule has 0 radical (unpaired) electrons. The van der Waals surface area contributed by atoms with Gasteiger partial charge in [0.25, 0.3) is 11.7 Å². The average Bonchev–Trinajstić information content (AvgIpc) is 3.04. The summed E-state index contributed by atoms with van der Waals surface area (Å²) >= 11 is 0. The largest absolute Gasteiger partial charge is 0.507 e. The van der Waals surface area contributed by atoms with Gasteiger partial charge in [0.2, 0.25) is 0 Å². The molecule has 1 aliphatic heterocycles. The number of Topliss-reactive ketones (excluding diaryl/α,β-unsaturated/α-hetero) is 1. The van der Waals surface area contributed by atoms with Crippen LogP contribution >= 0.6 is 0 Å². The summed E-state index contributed by atoms with van der Waals surface area (Å²) in [6.45, 7) is -0.0958. The highest BCUT2D eigenvalue weighted by Crippen LogP contribution is 2.42. The zero-order valence-electron chi connectivity index (χ0n) is 17.0. The van der Waals surface area contributed by atoms with Gasteiger partial charge in [-0.3, -0.25) is 14.6 Å². The number of rotatable bonds is 5. The Morgan fingerprint density at radius 3 is 2.53 bits per heavy atom. The topological polar surface area (TPSA) is 79.7 Å². The van der Waals surface area contributed by atoms with E-state index in [0.717, 1.165) is 17.0 Å². The molecule has 2 aromatic carbocycles. The second-order valence-electron chi connectivity index (χ2n) is 7.11. The summed E-state index contributed by atoms with van der Waals surface area (Å²) in [5.74, 6) is -3.86. The molecule has 0 spiro atoms. The van der Waals surface area contributed by atoms with Gasteiger partial charge in [0.05, 0.1) is 36.5 Å². The summed E-state index contributed by atoms with van der Waals surface area (Å²) in [4.78, 5) is 31.3. The molecular weight excluding hydrogens is 418 g/mol. The number of aromatic nitrogens is 1. The number of benzene rings is 2. The van der Waals surface area contributed by atoms with E-state index in [9.17, 15) is 23.5 Å². The Labute approximate surface area is 182 Å². The normalized spacial score (nSPS) is 17.6. The highest BCUT2D eigenvalue weighted by atomic mass is 19.1. The van der Waals surface area contributed by atoms with Crippen molar-refractivity contribution in [2.75, 3.05) is 7.11 Å². The summed E-state index contributed by atoms with van der Waals surface area (Å²) in [6.07, 6.45) is 1.53. The Bertz CT molecular complexity index is 1230. The third-order valence-corrected chi connectivity index (χ3v) is 5.21. The molecule has 162 valence electrons. The second kappa shape index (κ2) is 8.58. The van der Waals surface area contributed by atoms with Crippen LogP contribution in [0.3, 0.4) is 0 Å². The summed E-state index contributed by atoms with van der Waals surface area (Å²) in [6, 6.07) is 12.9. The maximum atomic E-state index is 14.8. The molecule has 8 heteroatoms. The third-order valence-electron chi connectivity index (χ3n) is 5.21. The van der Waals surface area contributed by atoms with E-state index in [-0.39, 0.29) is 29.0 Å². The number of likely N-dealkylation sites (tertiary alicyclic amines) is 1. The first-order valence-corrected chi connectivity index (χ1v) is 9.69. The van der Waals surface area contributed by atoms with Gasteiger partial charge >= 0.3 is 0 Å². The molecule has 1 N–H and O–H groups in total. The van der Waals surface area contributed by atoms with Gasteiger partial charge in [-0.05, 0) is 36.4 Å². The van der Waals surface area contributed by atoms with Crippen LogP contribution in [0.15, 0.2) is 72.4 Å². The van der Waals surface area contributed by atoms with Crippen LogP contribution in [0.4, 0.5) is 8.78 Å². The van der Waals surface area contributed by atoms with Crippen LogP contribution in [0.25, 0.3) is 5.76 Å². The van der Waals surface area contributed by atoms with Gasteiger partial charge in [-0.25, -0.2) is 8.78 Å². The lowest BCUT2D eigenvalue weighted by Gasteiger charge is -2.25. The number of carbonyl (C=O) groups is 2. The van der Waals surface area contributed by atoms with Gasteiger partial charge < -0.3 is 14.7 Å². The van der Waals surface area contributed by atoms with Crippen LogP contribution in [-0.4, -0.2) is 33.8 Å². The molecule has 0 saturated carbocycles. The number of aliphatic hydroxyl groups excluding tert-OH is 1. The van der Waals surface area contributed by atoms with E-state index in [1.54, 1.807) is 24.3 Å². The minimum atomic E-state index is -1.24. The van der Waals surface area contributed by atoms with Crippen LogP contribution in [0.1, 0.15) is 22.9 Å². The number of hydrogen-bond acceptors (Lipinski definition) is 5. The van der Waals surface area contributed by atoms with Gasteiger partial charge in [-0.2, -0.15) is 0 Å². The van der Waals surface area contributed by atoms with Crippen molar-refractivity contribution in [3.05, 3.63) is 101 Å². The lowest BCUT2D eigenvalue weighted by atomic mass is 9.94. The van der Waals surface area contributed by atoms with E-state index < -0.39 is 35.1 Å². The second-order valence-corrected chi connectivity index (χ2v) is 7.11. The SMILES string of the molecule is COc1ccc(F)cc1/C(O)=C1\C(=O)C(=O)N(Cc2ccccn2)C1c1ccccc1F. The fraction of sp³-hybridized carbons (Fsp3) is 0.125. The van der Waals surface area contributed by atoms with Gasteiger partial charge in [-0.15, -0.1) is 0 Å². The van der Waals surface area contributed by atoms with Gasteiger partial charge in [0, 0.05) is 11.8 Å². The number of aliphatic hydroxyl groups is 1. The molecule has 1 atom stereocenters. The van der Waals surface area contributed by atoms with Crippen LogP contribution in [0.5, 0.6) is 5.75 Å². The van der Waals surface area contributed by atoms with E-state index in [0.29, 0.717) is 5.69 Å². The number of pyridine rings is 1. The van der Waals surface area contributed by atoms with E-state index in [4.69, 9.17) is 4.74 Å². The van der Waals surface area contributed by atoms with E-state index in [1.807, 2.05) is 0 Å². The smallest absolute Gasteiger partial charge is 0.296 e. The zero-order valence-corrected chi connectivity index (χ0v) is 17.0. The van der Waals surface area contributed by atoms with Gasteiger partial charge in [-0.1, -0.05) is 24.3 Å². The molecule has 0 aliphatic carbocycles. The fourth-order valence-corrected chi connectivity index (χ4v) is 3.74. The number of nitrogens with zero attached hydrogens (tertiary/aromatic N) is 2. The molecular formula is C24H18F2N2O4. The molecule has 1 aliphatic rings. The van der Waals surface area contributed by atoms with Crippen LogP contribution in [-0.2, 0) is 16.1 Å². The lowest BCUT2D eigenvalue weighted by molar-refractivity contribution is -0.140. The molecule has 32 heavy (non-hydrogen) atoms. The maximum Gasteiger partial charge on any atom is 0.296 e. The van der Waals surface area contributed by atoms with Crippen molar-refractivity contribution in [3.63, 3.8) is 0 Å². The number of methoxy groups -OCH3 is 1. The average molecular weight is 436 g/mol. The van der Waals surface area contributed by atoms with E-state index in [2.05, 4.69) is 4.98 Å². The van der Waals surface area contributed by atoms with Crippen LogP contribution in [0, 0.1) is 11.6 Å². The first-order valence-electron chi connectivity index (χ1n) is 9.69. The Morgan fingerprint density at radius 1 is 1.09 bits per heavy atom. The molecule has 1 saturated heterocycles. The Hall–Kier alpha value is -4.07. The zero-order chi connectivity index (χ0) is 22.8. The standard InChI is InChI=1S/C24H18F2N2O4/c1-32-19-10-9-14(25)12-17(19)22(29)20-21(16-7-2-3-8-18(16)26)28(24(31)23(20)30)13-15-6-4-5-11-27-15/h2-12,21,29H,13H2,1H3/b22-20+. The van der Waals surface area contributed by atoms with Crippen molar-refractivity contribution in [2.45, 2.75) is 12.6 Å². The molecule has 2 heterocycles. The Kier molecular flexibility index (Phi) is 5.68. The number of carbonyl (C=O) groups excluding carboxylic acids is 2. The number of ether oxygens (including phenoxy) is 1. The molecule has 0 bridgehead atoms. The minimum Gasteiger partial charge on any atom is -0.507 e. The number of halogens is 2. The molecule has 6 nitrogen and oxygen atoms in total. The molecule has 1 aromatic heterocycles. The predicted octanol–water partition coefficient (Wildman–Crippen LogP) is 3.99. The fourth-order valence-electron chi connectivity index (χ4n) is 3.74. The molecule has 3 aromatic rings. The first-order chi connectivity index (χ1) is 15.4. The monoisotopic (exact) mass is 436 g/mol. The predicted molar refractivity (Wildman–Crippen MR) is 111 cm³/mol. The number of ketones is 1. The third kappa shape index (κ3) is 3.71. The van der Waals surface area contributed by atoms with Crippen molar-refractivity contribution >= 4 is 17.4 Å². The maximum absolute atomic E-state index is 14.8. The highest BCUT2D eigenvalue weighted by molar-refractivity contribution is 6.46. The van der Waals surface area contributed by atoms with Crippen LogP contribution in [0.2, 0.25) is 0 Å². The van der Waals surface area contributed by atoms with Crippen molar-refractivity contribution in [1.29, 1.82) is 0 Å². The highest BCUT2D eigenvalue weighted by Gasteiger charge is 2.47. The van der Waals surface area contributed by atoms with Crippen molar-refractivity contribution in [2.24, 2.45) is 0 Å². The molecule has 1 fully saturated rings. The molecule has 1 unspecified atom stereocenters. The first kappa shape index (κ1) is 21.2. The van der Waals surface area contributed by atoms with E-state index in [1.165, 1.54) is 37.6 Å². The van der Waals surface area contributed by atoms with Crippen LogP contribution < -0.4 is 4.74 Å². The Morgan fingerprint density at radius 2 is 1.84 bits per heavy atom. The summed E-state index contributed by atoms with van der Waals surface area (Å²) in [5.41, 5.74) is 0.00298. The van der Waals surface area contributed by atoms with E-state index >= 15 is 0 Å². The summed E-state index contributed by atoms with van der Waals surface area (Å²) in [7, 11) is 1.32. The number of amides is 1. The minimum absolute atomic E-state index is 0.0135. The number of hydrogen-bond donors (Lipinski definition) is 1. The molecule has 4 rings (SSSR count). The van der Waals surface area contributed by atoms with Crippen molar-refractivity contribution in [3.8, 4) is 5.75 Å². The summed E-state index contributed by atoms with van der Waals surface area (Å²) < 4.78 is 33.9. The van der Waals surface area contributed by atoms with Crippen molar-refractivity contribution in [1.82, 2.24) is 9.88 Å². The molecule has 1 amide bonds. The Balaban J connectivity index is 1.93. The van der Waals surface area contributed by atoms with Gasteiger partial charge in [0.1, 0.15) is 23.1 Å². The van der Waals surface area contributed by atoms with Crippen molar-refractivity contribution < 1.29 is 28.2 Å².